The van der Waals surface area contributed by atoms with Crippen LogP contribution in [-0.2, 0) is 0 Å². The highest BCUT2D eigenvalue weighted by Gasteiger charge is 1.99. The third-order valence-electron chi connectivity index (χ3n) is 0.902. The first kappa shape index (κ1) is 3.65. The molecule has 0 amide bonds. The van der Waals surface area contributed by atoms with Crippen LogP contribution in [0.5, 0.6) is 0 Å². The van der Waals surface area contributed by atoms with Crippen LogP contribution in [0.4, 0.5) is 0 Å². The first-order valence-corrected chi connectivity index (χ1v) is 2.21. The van der Waals surface area contributed by atoms with E-state index in [2.05, 4.69) is 12.0 Å². The van der Waals surface area contributed by atoms with E-state index >= 15 is 0 Å². The van der Waals surface area contributed by atoms with Crippen molar-refractivity contribution in [3.8, 4) is 0 Å². The Morgan fingerprint density at radius 2 is 2.67 bits per heavy atom. The summed E-state index contributed by atoms with van der Waals surface area (Å²) in [5.41, 5.74) is 0. The third kappa shape index (κ3) is 0.379. The Bertz CT molecular complexity index is 67.9. The van der Waals surface area contributed by atoms with Crippen LogP contribution in [0.25, 0.3) is 0 Å². The molecule has 0 unspecified atom stereocenters. The molecule has 0 aromatic rings. The van der Waals surface area contributed by atoms with Crippen LogP contribution in [0, 0.1) is 0 Å². The van der Waals surface area contributed by atoms with Crippen LogP contribution in [-0.4, -0.2) is 24.3 Å². The minimum atomic E-state index is 1.05. The van der Waals surface area contributed by atoms with Gasteiger partial charge in [0.1, 0.15) is 0 Å². The summed E-state index contributed by atoms with van der Waals surface area (Å²) in [5.74, 6) is 0. The molecule has 0 aromatic carbocycles. The van der Waals surface area contributed by atoms with Crippen LogP contribution in [0.2, 0.25) is 0 Å². The minimum Gasteiger partial charge on any atom is -0.292 e. The average molecular weight is 84.1 g/mol. The highest BCUT2D eigenvalue weighted by atomic mass is 15.5. The van der Waals surface area contributed by atoms with E-state index in [1.807, 2.05) is 11.2 Å². The Morgan fingerprint density at radius 3 is 2.67 bits per heavy atom. The van der Waals surface area contributed by atoms with Crippen molar-refractivity contribution in [1.82, 2.24) is 5.01 Å². The van der Waals surface area contributed by atoms with Gasteiger partial charge in [-0.2, -0.15) is 5.10 Å². The van der Waals surface area contributed by atoms with E-state index in [1.54, 1.807) is 0 Å². The van der Waals surface area contributed by atoms with E-state index in [9.17, 15) is 0 Å². The van der Waals surface area contributed by atoms with Gasteiger partial charge in [-0.1, -0.05) is 0 Å². The van der Waals surface area contributed by atoms with Gasteiger partial charge < -0.3 is 0 Å². The summed E-state index contributed by atoms with van der Waals surface area (Å²) in [7, 11) is 0. The van der Waals surface area contributed by atoms with Crippen molar-refractivity contribution < 1.29 is 0 Å². The van der Waals surface area contributed by atoms with Crippen LogP contribution < -0.4 is 0 Å². The van der Waals surface area contributed by atoms with E-state index in [-0.39, 0.29) is 0 Å². The largest absolute Gasteiger partial charge is 0.292 e. The van der Waals surface area contributed by atoms with Crippen LogP contribution in [0.3, 0.4) is 0 Å². The molecule has 0 spiro atoms. The molecule has 2 nitrogen and oxygen atoms in total. The summed E-state index contributed by atoms with van der Waals surface area (Å²) in [4.78, 5) is 0. The van der Waals surface area contributed by atoms with Crippen molar-refractivity contribution in [1.29, 1.82) is 0 Å². The second kappa shape index (κ2) is 1.29. The Morgan fingerprint density at radius 1 is 2.00 bits per heavy atom. The minimum absolute atomic E-state index is 1.05. The number of hydrogen-bond donors (Lipinski definition) is 0. The summed E-state index contributed by atoms with van der Waals surface area (Å²) in [6, 6.07) is 0. The molecule has 0 atom stereocenters. The fourth-order valence-electron chi connectivity index (χ4n) is 0.408. The molecule has 0 radical (unpaired) electrons. The highest BCUT2D eigenvalue weighted by molar-refractivity contribution is 5.63. The van der Waals surface area contributed by atoms with Crippen molar-refractivity contribution in [2.24, 2.45) is 5.10 Å². The summed E-state index contributed by atoms with van der Waals surface area (Å²) < 4.78 is 0. The molecule has 0 saturated carbocycles. The second-order valence-corrected chi connectivity index (χ2v) is 1.30. The molecular formula is C4H8N2. The number of hydrazone groups is 1. The second-order valence-electron chi connectivity index (χ2n) is 1.30. The van der Waals surface area contributed by atoms with Gasteiger partial charge in [-0.05, 0) is 6.92 Å². The highest BCUT2D eigenvalue weighted by Crippen LogP contribution is 1.92. The monoisotopic (exact) mass is 84.1 g/mol. The van der Waals surface area contributed by atoms with Gasteiger partial charge in [-0.25, -0.2) is 0 Å². The lowest BCUT2D eigenvalue weighted by Gasteiger charge is -2.20. The smallest absolute Gasteiger partial charge is 0.0730 e. The summed E-state index contributed by atoms with van der Waals surface area (Å²) in [6.45, 7) is 4.20. The number of rotatable bonds is 1. The van der Waals surface area contributed by atoms with Gasteiger partial charge in [-0.15, -0.1) is 0 Å². The molecule has 0 bridgehead atoms. The SMILES string of the molecule is CCN1CC=N1. The maximum atomic E-state index is 3.90. The Hall–Kier alpha value is -0.530. The van der Waals surface area contributed by atoms with Crippen LogP contribution in [0.1, 0.15) is 6.92 Å². The van der Waals surface area contributed by atoms with Gasteiger partial charge in [-0.3, -0.25) is 5.01 Å². The van der Waals surface area contributed by atoms with Gasteiger partial charge in [0.05, 0.1) is 6.54 Å². The van der Waals surface area contributed by atoms with Gasteiger partial charge in [0, 0.05) is 12.8 Å². The fraction of sp³-hybridized carbons (Fsp3) is 0.750. The zero-order valence-electron chi connectivity index (χ0n) is 3.89. The molecule has 0 saturated heterocycles. The quantitative estimate of drug-likeness (QED) is 0.446. The first-order valence-electron chi connectivity index (χ1n) is 2.21. The van der Waals surface area contributed by atoms with Gasteiger partial charge in [0.15, 0.2) is 0 Å². The Labute approximate surface area is 37.5 Å². The number of hydrogen-bond acceptors (Lipinski definition) is 2. The van der Waals surface area contributed by atoms with E-state index in [4.69, 9.17) is 0 Å². The standard InChI is InChI=1S/C4H8N2/c1-2-6-4-3-5-6/h3H,2,4H2,1H3. The van der Waals surface area contributed by atoms with E-state index in [1.165, 1.54) is 0 Å². The Balaban J connectivity index is 2.21. The maximum absolute atomic E-state index is 3.90. The zero-order valence-corrected chi connectivity index (χ0v) is 3.89. The predicted molar refractivity (Wildman–Crippen MR) is 25.7 cm³/mol. The topological polar surface area (TPSA) is 15.6 Å². The maximum Gasteiger partial charge on any atom is 0.0730 e. The lowest BCUT2D eigenvalue weighted by Crippen LogP contribution is -2.27. The zero-order chi connectivity index (χ0) is 4.41. The van der Waals surface area contributed by atoms with Gasteiger partial charge >= 0.3 is 0 Å². The van der Waals surface area contributed by atoms with Gasteiger partial charge in [0.25, 0.3) is 0 Å². The van der Waals surface area contributed by atoms with Crippen LogP contribution >= 0.6 is 0 Å². The lowest BCUT2D eigenvalue weighted by molar-refractivity contribution is 0.315. The third-order valence-corrected chi connectivity index (χ3v) is 0.902. The Kier molecular flexibility index (Phi) is 0.783. The first-order chi connectivity index (χ1) is 2.93. The molecule has 1 aliphatic heterocycles. The van der Waals surface area contributed by atoms with Crippen molar-refractivity contribution in [2.45, 2.75) is 6.92 Å². The molecule has 34 valence electrons. The molecule has 6 heavy (non-hydrogen) atoms. The number of nitrogens with zero attached hydrogens (tertiary/aromatic N) is 2. The predicted octanol–water partition coefficient (Wildman–Crippen LogP) is 0.308. The van der Waals surface area contributed by atoms with Crippen molar-refractivity contribution in [2.75, 3.05) is 13.1 Å². The van der Waals surface area contributed by atoms with E-state index in [0.29, 0.717) is 0 Å². The lowest BCUT2D eigenvalue weighted by atomic mass is 10.5. The molecular weight excluding hydrogens is 76.1 g/mol. The summed E-state index contributed by atoms with van der Waals surface area (Å²) >= 11 is 0. The molecule has 0 fully saturated rings. The molecule has 1 aliphatic rings. The molecule has 1 rings (SSSR count). The van der Waals surface area contributed by atoms with Crippen LogP contribution in [0.15, 0.2) is 5.10 Å². The van der Waals surface area contributed by atoms with Crippen molar-refractivity contribution in [3.05, 3.63) is 0 Å². The molecule has 0 aliphatic carbocycles. The average Bonchev–Trinajstić information content (AvgIpc) is 1.31. The summed E-state index contributed by atoms with van der Waals surface area (Å²) in [5, 5.41) is 5.90. The van der Waals surface area contributed by atoms with E-state index in [0.717, 1.165) is 13.1 Å². The summed E-state index contributed by atoms with van der Waals surface area (Å²) in [6.07, 6.45) is 1.91. The van der Waals surface area contributed by atoms with E-state index < -0.39 is 0 Å². The fourth-order valence-corrected chi connectivity index (χ4v) is 0.408. The molecule has 1 heterocycles. The molecule has 0 aromatic heterocycles. The van der Waals surface area contributed by atoms with Gasteiger partial charge in [0.2, 0.25) is 0 Å². The normalized spacial score (nSPS) is 17.8. The van der Waals surface area contributed by atoms with Crippen molar-refractivity contribution >= 4 is 6.21 Å². The van der Waals surface area contributed by atoms with Crippen molar-refractivity contribution in [3.63, 3.8) is 0 Å². The molecule has 2 heteroatoms. The molecule has 0 N–H and O–H groups in total.